The highest BCUT2D eigenvalue weighted by atomic mass is 19.1. The van der Waals surface area contributed by atoms with Gasteiger partial charge in [-0.3, -0.25) is 0 Å². The van der Waals surface area contributed by atoms with Crippen molar-refractivity contribution >= 4 is 22.7 Å². The molecule has 2 heterocycles. The molecule has 7 heteroatoms. The Balaban J connectivity index is 1.61. The molecular formula is C21H27FN6. The Morgan fingerprint density at radius 3 is 2.86 bits per heavy atom. The zero-order valence-corrected chi connectivity index (χ0v) is 16.6. The van der Waals surface area contributed by atoms with Crippen LogP contribution in [-0.4, -0.2) is 43.1 Å². The maximum absolute atomic E-state index is 13.5. The first-order valence-electron chi connectivity index (χ1n) is 9.47. The summed E-state index contributed by atoms with van der Waals surface area (Å²) in [7, 11) is 3.94. The number of hydrogen-bond donors (Lipinski definition) is 3. The minimum Gasteiger partial charge on any atom is -0.363 e. The molecule has 0 aliphatic carbocycles. The monoisotopic (exact) mass is 382 g/mol. The fourth-order valence-electron chi connectivity index (χ4n) is 2.98. The quantitative estimate of drug-likeness (QED) is 0.434. The van der Waals surface area contributed by atoms with Gasteiger partial charge in [-0.15, -0.1) is 0 Å². The fraction of sp³-hybridized carbons (Fsp3) is 0.333. The lowest BCUT2D eigenvalue weighted by Crippen LogP contribution is -2.38. The predicted molar refractivity (Wildman–Crippen MR) is 113 cm³/mol. The minimum absolute atomic E-state index is 0.219. The largest absolute Gasteiger partial charge is 0.363 e. The van der Waals surface area contributed by atoms with Crippen molar-refractivity contribution in [1.82, 2.24) is 20.6 Å². The number of rotatable bonds is 7. The standard InChI is InChI=1S/C21H27FN6/c1-4-23-21(26-14-17-6-5-7-20(27-17)28(2)3)24-11-10-15-13-25-19-9-8-16(22)12-18(15)19/h5-9,12-13,25H,4,10-11,14H2,1-3H3,(H2,23,24,26). The first-order valence-corrected chi connectivity index (χ1v) is 9.47. The van der Waals surface area contributed by atoms with Crippen LogP contribution in [0.2, 0.25) is 0 Å². The number of anilines is 1. The molecular weight excluding hydrogens is 355 g/mol. The summed E-state index contributed by atoms with van der Waals surface area (Å²) < 4.78 is 13.5. The van der Waals surface area contributed by atoms with Crippen molar-refractivity contribution in [2.24, 2.45) is 4.99 Å². The van der Waals surface area contributed by atoms with Gasteiger partial charge < -0.3 is 20.5 Å². The Labute approximate surface area is 164 Å². The van der Waals surface area contributed by atoms with E-state index >= 15 is 0 Å². The van der Waals surface area contributed by atoms with Gasteiger partial charge in [0, 0.05) is 44.3 Å². The van der Waals surface area contributed by atoms with Gasteiger partial charge in [-0.2, -0.15) is 0 Å². The van der Waals surface area contributed by atoms with Crippen LogP contribution in [0, 0.1) is 5.82 Å². The molecule has 0 aliphatic rings. The summed E-state index contributed by atoms with van der Waals surface area (Å²) in [5.74, 6) is 1.44. The van der Waals surface area contributed by atoms with Crippen LogP contribution in [0.3, 0.4) is 0 Å². The van der Waals surface area contributed by atoms with E-state index < -0.39 is 0 Å². The number of nitrogens with zero attached hydrogens (tertiary/aromatic N) is 3. The molecule has 3 N–H and O–H groups in total. The van der Waals surface area contributed by atoms with Crippen molar-refractivity contribution in [3.63, 3.8) is 0 Å². The van der Waals surface area contributed by atoms with Gasteiger partial charge in [-0.25, -0.2) is 14.4 Å². The second-order valence-electron chi connectivity index (χ2n) is 6.76. The molecule has 1 aromatic carbocycles. The van der Waals surface area contributed by atoms with Crippen LogP contribution in [0.4, 0.5) is 10.2 Å². The fourth-order valence-corrected chi connectivity index (χ4v) is 2.98. The molecule has 0 atom stereocenters. The summed E-state index contributed by atoms with van der Waals surface area (Å²) in [6.07, 6.45) is 2.70. The summed E-state index contributed by atoms with van der Waals surface area (Å²) in [5, 5.41) is 7.51. The third kappa shape index (κ3) is 5.00. The summed E-state index contributed by atoms with van der Waals surface area (Å²) in [4.78, 5) is 14.4. The van der Waals surface area contributed by atoms with E-state index in [0.29, 0.717) is 13.1 Å². The number of aromatic amines is 1. The summed E-state index contributed by atoms with van der Waals surface area (Å²) in [5.41, 5.74) is 2.94. The number of nitrogens with one attached hydrogen (secondary N) is 3. The maximum Gasteiger partial charge on any atom is 0.191 e. The van der Waals surface area contributed by atoms with Crippen LogP contribution in [0.1, 0.15) is 18.2 Å². The number of benzene rings is 1. The molecule has 3 rings (SSSR count). The van der Waals surface area contributed by atoms with Crippen molar-refractivity contribution in [3.8, 4) is 0 Å². The Kier molecular flexibility index (Phi) is 6.47. The van der Waals surface area contributed by atoms with Gasteiger partial charge in [-0.05, 0) is 49.2 Å². The van der Waals surface area contributed by atoms with Crippen molar-refractivity contribution in [3.05, 3.63) is 59.7 Å². The summed E-state index contributed by atoms with van der Waals surface area (Å²) in [6, 6.07) is 10.7. The Morgan fingerprint density at radius 2 is 2.07 bits per heavy atom. The SMILES string of the molecule is CCNC(=NCc1cccc(N(C)C)n1)NCCc1c[nH]c2ccc(F)cc12. The van der Waals surface area contributed by atoms with Crippen molar-refractivity contribution in [1.29, 1.82) is 0 Å². The molecule has 0 fully saturated rings. The molecule has 0 spiro atoms. The van der Waals surface area contributed by atoms with E-state index in [1.54, 1.807) is 12.1 Å². The van der Waals surface area contributed by atoms with Crippen molar-refractivity contribution < 1.29 is 4.39 Å². The van der Waals surface area contributed by atoms with Gasteiger partial charge in [0.15, 0.2) is 5.96 Å². The number of fused-ring (bicyclic) bond motifs is 1. The van der Waals surface area contributed by atoms with Crippen LogP contribution >= 0.6 is 0 Å². The highest BCUT2D eigenvalue weighted by molar-refractivity contribution is 5.83. The Hall–Kier alpha value is -3.09. The lowest BCUT2D eigenvalue weighted by atomic mass is 10.1. The number of guanidine groups is 1. The third-order valence-electron chi connectivity index (χ3n) is 4.41. The molecule has 148 valence electrons. The molecule has 0 amide bonds. The van der Waals surface area contributed by atoms with Crippen LogP contribution in [0.15, 0.2) is 47.6 Å². The van der Waals surface area contributed by atoms with Gasteiger partial charge in [0.1, 0.15) is 11.6 Å². The van der Waals surface area contributed by atoms with Gasteiger partial charge in [-0.1, -0.05) is 6.07 Å². The first-order chi connectivity index (χ1) is 13.6. The second-order valence-corrected chi connectivity index (χ2v) is 6.76. The number of pyridine rings is 1. The molecule has 2 aromatic heterocycles. The van der Waals surface area contributed by atoms with Crippen LogP contribution in [0.25, 0.3) is 10.9 Å². The molecule has 0 aliphatic heterocycles. The average Bonchev–Trinajstić information content (AvgIpc) is 3.08. The number of hydrogen-bond acceptors (Lipinski definition) is 3. The summed E-state index contributed by atoms with van der Waals surface area (Å²) >= 11 is 0. The van der Waals surface area contributed by atoms with Crippen molar-refractivity contribution in [2.75, 3.05) is 32.1 Å². The molecule has 0 unspecified atom stereocenters. The topological polar surface area (TPSA) is 68.3 Å². The maximum atomic E-state index is 13.5. The highest BCUT2D eigenvalue weighted by Gasteiger charge is 2.06. The molecule has 3 aromatic rings. The van der Waals surface area contributed by atoms with Gasteiger partial charge >= 0.3 is 0 Å². The molecule has 0 saturated carbocycles. The van der Waals surface area contributed by atoms with E-state index in [4.69, 9.17) is 0 Å². The molecule has 0 radical (unpaired) electrons. The van der Waals surface area contributed by atoms with Crippen LogP contribution < -0.4 is 15.5 Å². The Morgan fingerprint density at radius 1 is 1.21 bits per heavy atom. The van der Waals surface area contributed by atoms with Gasteiger partial charge in [0.05, 0.1) is 12.2 Å². The highest BCUT2D eigenvalue weighted by Crippen LogP contribution is 2.19. The zero-order chi connectivity index (χ0) is 19.9. The number of halogens is 1. The average molecular weight is 382 g/mol. The predicted octanol–water partition coefficient (Wildman–Crippen LogP) is 3.07. The van der Waals surface area contributed by atoms with Crippen LogP contribution in [-0.2, 0) is 13.0 Å². The van der Waals surface area contributed by atoms with Crippen LogP contribution in [0.5, 0.6) is 0 Å². The van der Waals surface area contributed by atoms with E-state index in [2.05, 4.69) is 25.6 Å². The van der Waals surface area contributed by atoms with Gasteiger partial charge in [0.2, 0.25) is 0 Å². The number of aromatic nitrogens is 2. The van der Waals surface area contributed by atoms with Gasteiger partial charge in [0.25, 0.3) is 0 Å². The molecule has 0 bridgehead atoms. The normalized spacial score (nSPS) is 11.6. The number of H-pyrrole nitrogens is 1. The first kappa shape index (κ1) is 19.7. The van der Waals surface area contributed by atoms with Crippen molar-refractivity contribution in [2.45, 2.75) is 19.9 Å². The summed E-state index contributed by atoms with van der Waals surface area (Å²) in [6.45, 7) is 4.00. The number of aliphatic imine (C=N–C) groups is 1. The van der Waals surface area contributed by atoms with E-state index in [-0.39, 0.29) is 5.82 Å². The lowest BCUT2D eigenvalue weighted by molar-refractivity contribution is 0.629. The van der Waals surface area contributed by atoms with E-state index in [9.17, 15) is 4.39 Å². The van der Waals surface area contributed by atoms with E-state index in [1.807, 2.05) is 50.3 Å². The Bertz CT molecular complexity index is 947. The molecule has 28 heavy (non-hydrogen) atoms. The molecule has 6 nitrogen and oxygen atoms in total. The van der Waals surface area contributed by atoms with E-state index in [0.717, 1.165) is 46.9 Å². The second kappa shape index (κ2) is 9.21. The molecule has 0 saturated heterocycles. The smallest absolute Gasteiger partial charge is 0.191 e. The zero-order valence-electron chi connectivity index (χ0n) is 16.6. The minimum atomic E-state index is -0.219. The van der Waals surface area contributed by atoms with E-state index in [1.165, 1.54) is 6.07 Å². The lowest BCUT2D eigenvalue weighted by Gasteiger charge is -2.13. The third-order valence-corrected chi connectivity index (χ3v) is 4.41.